The number of thioether (sulfide) groups is 1. The number of rotatable bonds is 3. The molecule has 1 saturated carbocycles. The van der Waals surface area contributed by atoms with Crippen LogP contribution in [-0.4, -0.2) is 17.1 Å². The summed E-state index contributed by atoms with van der Waals surface area (Å²) in [5.74, 6) is 3.55. The maximum atomic E-state index is 5.74. The van der Waals surface area contributed by atoms with Crippen LogP contribution in [0.3, 0.4) is 0 Å². The van der Waals surface area contributed by atoms with Gasteiger partial charge in [0.2, 0.25) is 0 Å². The molecule has 1 aliphatic carbocycles. The lowest BCUT2D eigenvalue weighted by molar-refractivity contribution is 0.0287. The third-order valence-electron chi connectivity index (χ3n) is 4.22. The summed E-state index contributed by atoms with van der Waals surface area (Å²) in [6, 6.07) is 0. The van der Waals surface area contributed by atoms with E-state index in [-0.39, 0.29) is 6.10 Å². The van der Waals surface area contributed by atoms with Gasteiger partial charge in [0.25, 0.3) is 0 Å². The maximum Gasteiger partial charge on any atom is 0.137 e. The molecule has 19 heavy (non-hydrogen) atoms. The van der Waals surface area contributed by atoms with Crippen molar-refractivity contribution in [1.82, 2.24) is 9.97 Å². The van der Waals surface area contributed by atoms with Crippen molar-refractivity contribution in [3.63, 3.8) is 0 Å². The van der Waals surface area contributed by atoms with Crippen LogP contribution in [0.2, 0.25) is 0 Å². The number of aromatic amines is 1. The molecule has 1 unspecified atom stereocenters. The molecule has 3 rings (SSSR count). The molecule has 0 radical (unpaired) electrons. The number of nitrogens with zero attached hydrogens (tertiary/aromatic N) is 1. The van der Waals surface area contributed by atoms with Crippen molar-refractivity contribution in [2.24, 2.45) is 5.92 Å². The van der Waals surface area contributed by atoms with Crippen LogP contribution in [0.4, 0.5) is 0 Å². The predicted octanol–water partition coefficient (Wildman–Crippen LogP) is 4.15. The Morgan fingerprint density at radius 1 is 1.32 bits per heavy atom. The highest BCUT2D eigenvalue weighted by atomic mass is 32.2. The van der Waals surface area contributed by atoms with Crippen LogP contribution >= 0.6 is 24.0 Å². The third-order valence-corrected chi connectivity index (χ3v) is 5.54. The number of aromatic nitrogens is 2. The van der Waals surface area contributed by atoms with Gasteiger partial charge in [-0.2, -0.15) is 11.8 Å². The van der Waals surface area contributed by atoms with E-state index in [0.29, 0.717) is 5.92 Å². The number of nitrogens with one attached hydrogen (secondary N) is 1. The van der Waals surface area contributed by atoms with Crippen molar-refractivity contribution in [2.45, 2.75) is 49.7 Å². The van der Waals surface area contributed by atoms with Gasteiger partial charge in [0, 0.05) is 29.9 Å². The normalized spacial score (nSPS) is 21.3. The molecule has 0 spiro atoms. The molecule has 3 nitrogen and oxygen atoms in total. The minimum Gasteiger partial charge on any atom is -0.373 e. The van der Waals surface area contributed by atoms with E-state index in [2.05, 4.69) is 9.97 Å². The van der Waals surface area contributed by atoms with E-state index in [1.165, 1.54) is 43.4 Å². The number of methoxy groups -OCH3 is 1. The van der Waals surface area contributed by atoms with E-state index in [1.807, 2.05) is 11.8 Å². The van der Waals surface area contributed by atoms with E-state index >= 15 is 0 Å². The lowest BCUT2D eigenvalue weighted by atomic mass is 9.85. The van der Waals surface area contributed by atoms with Gasteiger partial charge in [-0.05, 0) is 18.8 Å². The molecule has 2 aliphatic rings. The summed E-state index contributed by atoms with van der Waals surface area (Å²) in [7, 11) is 1.79. The molecular weight excluding hydrogens is 276 g/mol. The van der Waals surface area contributed by atoms with Gasteiger partial charge in [-0.1, -0.05) is 31.5 Å². The number of hydrogen-bond donors (Lipinski definition) is 1. The molecule has 104 valence electrons. The molecular formula is C14H20N2OS2. The highest BCUT2D eigenvalue weighted by Crippen LogP contribution is 2.36. The number of fused-ring (bicyclic) bond motifs is 1. The summed E-state index contributed by atoms with van der Waals surface area (Å²) in [6.07, 6.45) is 6.55. The SMILES string of the molecule is COC(c1nc(=S)c2c([nH]1)CSC2)C1CCCCC1. The van der Waals surface area contributed by atoms with Crippen LogP contribution in [0.5, 0.6) is 0 Å². The molecule has 1 N–H and O–H groups in total. The van der Waals surface area contributed by atoms with Crippen LogP contribution in [0.1, 0.15) is 55.3 Å². The van der Waals surface area contributed by atoms with Crippen molar-refractivity contribution in [3.05, 3.63) is 21.7 Å². The average Bonchev–Trinajstić information content (AvgIpc) is 2.90. The Morgan fingerprint density at radius 3 is 2.84 bits per heavy atom. The summed E-state index contributed by atoms with van der Waals surface area (Å²) in [4.78, 5) is 8.10. The monoisotopic (exact) mass is 296 g/mol. The second-order valence-electron chi connectivity index (χ2n) is 5.43. The fourth-order valence-corrected chi connectivity index (χ4v) is 4.64. The minimum atomic E-state index is 0.0814. The molecule has 1 aromatic rings. The van der Waals surface area contributed by atoms with Crippen molar-refractivity contribution in [3.8, 4) is 0 Å². The molecule has 0 saturated heterocycles. The predicted molar refractivity (Wildman–Crippen MR) is 80.7 cm³/mol. The van der Waals surface area contributed by atoms with Crippen LogP contribution in [0, 0.1) is 10.6 Å². The van der Waals surface area contributed by atoms with Gasteiger partial charge in [0.1, 0.15) is 16.6 Å². The fourth-order valence-electron chi connectivity index (χ4n) is 3.19. The lowest BCUT2D eigenvalue weighted by Crippen LogP contribution is -2.21. The molecule has 1 aliphatic heterocycles. The second kappa shape index (κ2) is 5.94. The summed E-state index contributed by atoms with van der Waals surface area (Å²) >= 11 is 7.34. The smallest absolute Gasteiger partial charge is 0.137 e. The Kier molecular flexibility index (Phi) is 4.24. The average molecular weight is 296 g/mol. The highest BCUT2D eigenvalue weighted by molar-refractivity contribution is 7.98. The minimum absolute atomic E-state index is 0.0814. The third kappa shape index (κ3) is 2.73. The lowest BCUT2D eigenvalue weighted by Gasteiger charge is -2.28. The van der Waals surface area contributed by atoms with Gasteiger partial charge in [-0.25, -0.2) is 4.98 Å². The van der Waals surface area contributed by atoms with E-state index in [0.717, 1.165) is 22.0 Å². The first-order chi connectivity index (χ1) is 9.29. The summed E-state index contributed by atoms with van der Waals surface area (Å²) in [5, 5.41) is 0. The van der Waals surface area contributed by atoms with Gasteiger partial charge in [0.15, 0.2) is 0 Å². The Labute approximate surface area is 123 Å². The number of hydrogen-bond acceptors (Lipinski definition) is 4. The Balaban J connectivity index is 1.91. The van der Waals surface area contributed by atoms with Crippen LogP contribution < -0.4 is 0 Å². The van der Waals surface area contributed by atoms with Crippen LogP contribution in [-0.2, 0) is 16.2 Å². The van der Waals surface area contributed by atoms with Gasteiger partial charge in [-0.3, -0.25) is 0 Å². The quantitative estimate of drug-likeness (QED) is 0.850. The second-order valence-corrected chi connectivity index (χ2v) is 6.80. The summed E-state index contributed by atoms with van der Waals surface area (Å²) in [5.41, 5.74) is 2.49. The zero-order valence-corrected chi connectivity index (χ0v) is 12.9. The van der Waals surface area contributed by atoms with Gasteiger partial charge >= 0.3 is 0 Å². The van der Waals surface area contributed by atoms with Crippen LogP contribution in [0.25, 0.3) is 0 Å². The molecule has 2 heterocycles. The Hall–Kier alpha value is -0.390. The largest absolute Gasteiger partial charge is 0.373 e. The van der Waals surface area contributed by atoms with E-state index in [9.17, 15) is 0 Å². The van der Waals surface area contributed by atoms with Gasteiger partial charge < -0.3 is 9.72 Å². The first-order valence-electron chi connectivity index (χ1n) is 7.02. The van der Waals surface area contributed by atoms with Crippen molar-refractivity contribution in [2.75, 3.05) is 7.11 Å². The standard InChI is InChI=1S/C14H20N2OS2/c1-17-12(9-5-3-2-4-6-9)13-15-11-8-19-7-10(11)14(18)16-13/h9,12H,2-8H2,1H3,(H,15,16,18). The van der Waals surface area contributed by atoms with E-state index < -0.39 is 0 Å². The van der Waals surface area contributed by atoms with Crippen LogP contribution in [0.15, 0.2) is 0 Å². The van der Waals surface area contributed by atoms with Gasteiger partial charge in [0.05, 0.1) is 0 Å². The molecule has 5 heteroatoms. The molecule has 0 bridgehead atoms. The number of ether oxygens (including phenoxy) is 1. The molecule has 1 atom stereocenters. The molecule has 1 fully saturated rings. The first kappa shape index (κ1) is 13.6. The van der Waals surface area contributed by atoms with Crippen molar-refractivity contribution < 1.29 is 4.74 Å². The molecule has 0 aromatic carbocycles. The zero-order chi connectivity index (χ0) is 13.2. The van der Waals surface area contributed by atoms with Crippen molar-refractivity contribution >= 4 is 24.0 Å². The summed E-state index contributed by atoms with van der Waals surface area (Å²) in [6.45, 7) is 0. The molecule has 1 aromatic heterocycles. The fraction of sp³-hybridized carbons (Fsp3) is 0.714. The van der Waals surface area contributed by atoms with E-state index in [1.54, 1.807) is 7.11 Å². The topological polar surface area (TPSA) is 37.9 Å². The summed E-state index contributed by atoms with van der Waals surface area (Å²) < 4.78 is 6.51. The van der Waals surface area contributed by atoms with Crippen molar-refractivity contribution in [1.29, 1.82) is 0 Å². The Morgan fingerprint density at radius 2 is 2.11 bits per heavy atom. The highest BCUT2D eigenvalue weighted by Gasteiger charge is 2.28. The number of H-pyrrole nitrogens is 1. The van der Waals surface area contributed by atoms with Gasteiger partial charge in [-0.15, -0.1) is 0 Å². The maximum absolute atomic E-state index is 5.74. The zero-order valence-electron chi connectivity index (χ0n) is 11.3. The molecule has 0 amide bonds. The first-order valence-corrected chi connectivity index (χ1v) is 8.58. The Bertz CT molecular complexity index is 509. The van der Waals surface area contributed by atoms with E-state index in [4.69, 9.17) is 17.0 Å².